The van der Waals surface area contributed by atoms with Crippen LogP contribution in [0.1, 0.15) is 47.9 Å². The summed E-state index contributed by atoms with van der Waals surface area (Å²) in [6.45, 7) is 8.44. The normalized spacial score (nSPS) is 12.5. The highest BCUT2D eigenvalue weighted by Gasteiger charge is 2.23. The fourth-order valence-corrected chi connectivity index (χ4v) is 3.10. The minimum atomic E-state index is -0.115. The molecular formula is C15H22N4O2S. The largest absolute Gasteiger partial charge is 0.468 e. The molecule has 1 amide bonds. The van der Waals surface area contributed by atoms with Crippen LogP contribution >= 0.6 is 11.5 Å². The molecule has 0 aliphatic rings. The highest BCUT2D eigenvalue weighted by atomic mass is 32.1. The number of likely N-dealkylation sites (N-methyl/N-ethyl adjacent to an activating group) is 1. The van der Waals surface area contributed by atoms with Crippen molar-refractivity contribution in [3.05, 3.63) is 34.7 Å². The number of amides is 1. The third kappa shape index (κ3) is 3.72. The molecule has 0 bridgehead atoms. The summed E-state index contributed by atoms with van der Waals surface area (Å²) in [6, 6.07) is 3.84. The van der Waals surface area contributed by atoms with Crippen molar-refractivity contribution in [2.75, 3.05) is 19.6 Å². The second-order valence-electron chi connectivity index (χ2n) is 4.86. The van der Waals surface area contributed by atoms with Gasteiger partial charge in [0, 0.05) is 6.54 Å². The summed E-state index contributed by atoms with van der Waals surface area (Å²) in [5, 5.41) is 6.97. The van der Waals surface area contributed by atoms with Gasteiger partial charge in [-0.3, -0.25) is 9.69 Å². The lowest BCUT2D eigenvalue weighted by atomic mass is 10.1. The van der Waals surface area contributed by atoms with Gasteiger partial charge in [0.2, 0.25) is 0 Å². The maximum atomic E-state index is 12.3. The number of aromatic nitrogens is 2. The fraction of sp³-hybridized carbons (Fsp3) is 0.533. The second kappa shape index (κ2) is 8.05. The number of furan rings is 1. The summed E-state index contributed by atoms with van der Waals surface area (Å²) in [6.07, 6.45) is 2.37. The molecule has 0 saturated carbocycles. The summed E-state index contributed by atoms with van der Waals surface area (Å²) in [4.78, 5) is 15.2. The minimum Gasteiger partial charge on any atom is -0.468 e. The second-order valence-corrected chi connectivity index (χ2v) is 5.62. The predicted octanol–water partition coefficient (Wildman–Crippen LogP) is 2.51. The Labute approximate surface area is 134 Å². The number of nitrogens with one attached hydrogen (secondary N) is 1. The van der Waals surface area contributed by atoms with Crippen LogP contribution in [-0.2, 0) is 6.42 Å². The van der Waals surface area contributed by atoms with Crippen molar-refractivity contribution in [3.63, 3.8) is 0 Å². The molecule has 0 spiro atoms. The summed E-state index contributed by atoms with van der Waals surface area (Å²) in [5.74, 6) is 0.748. The number of carbonyl (C=O) groups is 1. The van der Waals surface area contributed by atoms with Crippen LogP contribution in [0, 0.1) is 0 Å². The molecular weight excluding hydrogens is 300 g/mol. The Morgan fingerprint density at radius 1 is 1.41 bits per heavy atom. The number of aryl methyl sites for hydroxylation is 1. The van der Waals surface area contributed by atoms with Crippen molar-refractivity contribution in [2.45, 2.75) is 33.2 Å². The first-order chi connectivity index (χ1) is 10.7. The Bertz CT molecular complexity index is 578. The van der Waals surface area contributed by atoms with Crippen molar-refractivity contribution in [1.29, 1.82) is 0 Å². The maximum absolute atomic E-state index is 12.3. The summed E-state index contributed by atoms with van der Waals surface area (Å²) in [7, 11) is 0. The van der Waals surface area contributed by atoms with Gasteiger partial charge in [-0.25, -0.2) is 0 Å². The smallest absolute Gasteiger partial charge is 0.265 e. The van der Waals surface area contributed by atoms with Crippen molar-refractivity contribution < 1.29 is 9.21 Å². The van der Waals surface area contributed by atoms with Gasteiger partial charge in [-0.2, -0.15) is 0 Å². The summed E-state index contributed by atoms with van der Waals surface area (Å²) >= 11 is 1.14. The van der Waals surface area contributed by atoms with E-state index in [1.165, 1.54) is 0 Å². The zero-order valence-corrected chi connectivity index (χ0v) is 14.0. The Hall–Kier alpha value is -1.73. The van der Waals surface area contributed by atoms with E-state index in [0.717, 1.165) is 36.1 Å². The number of carbonyl (C=O) groups excluding carboxylic acids is 1. The molecule has 0 aliphatic heterocycles. The van der Waals surface area contributed by atoms with E-state index in [2.05, 4.69) is 33.7 Å². The number of nitrogens with zero attached hydrogens (tertiary/aromatic N) is 3. The van der Waals surface area contributed by atoms with Gasteiger partial charge in [-0.1, -0.05) is 25.3 Å². The molecule has 2 rings (SSSR count). The molecule has 0 saturated heterocycles. The van der Waals surface area contributed by atoms with E-state index >= 15 is 0 Å². The van der Waals surface area contributed by atoms with Crippen LogP contribution in [0.4, 0.5) is 0 Å². The van der Waals surface area contributed by atoms with Crippen LogP contribution in [0.5, 0.6) is 0 Å². The molecule has 2 aromatic heterocycles. The average Bonchev–Trinajstić information content (AvgIpc) is 3.21. The third-order valence-corrected chi connectivity index (χ3v) is 4.44. The first kappa shape index (κ1) is 16.6. The number of rotatable bonds is 8. The van der Waals surface area contributed by atoms with Crippen LogP contribution in [0.25, 0.3) is 0 Å². The average molecular weight is 322 g/mol. The fourth-order valence-electron chi connectivity index (χ4n) is 2.44. The first-order valence-electron chi connectivity index (χ1n) is 7.58. The van der Waals surface area contributed by atoms with Crippen LogP contribution in [0.3, 0.4) is 0 Å². The monoisotopic (exact) mass is 322 g/mol. The topological polar surface area (TPSA) is 71.3 Å². The molecule has 6 nitrogen and oxygen atoms in total. The molecule has 22 heavy (non-hydrogen) atoms. The Balaban J connectivity index is 2.07. The maximum Gasteiger partial charge on any atom is 0.265 e. The van der Waals surface area contributed by atoms with E-state index in [4.69, 9.17) is 4.42 Å². The van der Waals surface area contributed by atoms with Gasteiger partial charge < -0.3 is 9.73 Å². The van der Waals surface area contributed by atoms with Crippen LogP contribution in [0.2, 0.25) is 0 Å². The SMILES string of the molecule is CCc1nnsc1C(=O)NC[C@H](c1ccco1)N(CC)CC. The number of hydrogen-bond acceptors (Lipinski definition) is 6. The molecule has 1 atom stereocenters. The molecule has 2 aromatic rings. The zero-order valence-electron chi connectivity index (χ0n) is 13.2. The van der Waals surface area contributed by atoms with Crippen LogP contribution in [0.15, 0.2) is 22.8 Å². The van der Waals surface area contributed by atoms with Crippen LogP contribution in [-0.4, -0.2) is 40.0 Å². The van der Waals surface area contributed by atoms with E-state index in [1.807, 2.05) is 19.1 Å². The van der Waals surface area contributed by atoms with Gasteiger partial charge in [0.25, 0.3) is 5.91 Å². The predicted molar refractivity (Wildman–Crippen MR) is 86.0 cm³/mol. The quantitative estimate of drug-likeness (QED) is 0.808. The molecule has 0 unspecified atom stereocenters. The van der Waals surface area contributed by atoms with Gasteiger partial charge in [-0.15, -0.1) is 5.10 Å². The lowest BCUT2D eigenvalue weighted by Gasteiger charge is -2.28. The van der Waals surface area contributed by atoms with E-state index in [1.54, 1.807) is 6.26 Å². The van der Waals surface area contributed by atoms with Crippen molar-refractivity contribution in [3.8, 4) is 0 Å². The standard InChI is InChI=1S/C15H22N4O2S/c1-4-11-14(22-18-17-11)15(20)16-10-12(19(5-2)6-3)13-8-7-9-21-13/h7-9,12H,4-6,10H2,1-3H3,(H,16,20)/t12-/m1/s1. The van der Waals surface area contributed by atoms with Crippen LogP contribution < -0.4 is 5.32 Å². The van der Waals surface area contributed by atoms with Crippen molar-refractivity contribution in [1.82, 2.24) is 19.8 Å². The van der Waals surface area contributed by atoms with E-state index < -0.39 is 0 Å². The molecule has 1 N–H and O–H groups in total. The lowest BCUT2D eigenvalue weighted by Crippen LogP contribution is -2.37. The molecule has 0 fully saturated rings. The zero-order chi connectivity index (χ0) is 15.9. The molecule has 0 radical (unpaired) electrons. The highest BCUT2D eigenvalue weighted by molar-refractivity contribution is 7.08. The van der Waals surface area contributed by atoms with Crippen molar-refractivity contribution >= 4 is 17.4 Å². The summed E-state index contributed by atoms with van der Waals surface area (Å²) < 4.78 is 9.39. The Morgan fingerprint density at radius 3 is 2.77 bits per heavy atom. The van der Waals surface area contributed by atoms with Gasteiger partial charge in [0.15, 0.2) is 0 Å². The van der Waals surface area contributed by atoms with Gasteiger partial charge in [-0.05, 0) is 43.2 Å². The van der Waals surface area contributed by atoms with Gasteiger partial charge in [0.1, 0.15) is 10.6 Å². The Kier molecular flexibility index (Phi) is 6.09. The molecule has 0 aromatic carbocycles. The Morgan fingerprint density at radius 2 is 2.18 bits per heavy atom. The van der Waals surface area contributed by atoms with Crippen molar-refractivity contribution in [2.24, 2.45) is 0 Å². The highest BCUT2D eigenvalue weighted by Crippen LogP contribution is 2.20. The lowest BCUT2D eigenvalue weighted by molar-refractivity contribution is 0.0932. The van der Waals surface area contributed by atoms with Gasteiger partial charge in [0.05, 0.1) is 18.0 Å². The van der Waals surface area contributed by atoms with Gasteiger partial charge >= 0.3 is 0 Å². The minimum absolute atomic E-state index is 0.0277. The summed E-state index contributed by atoms with van der Waals surface area (Å²) in [5.41, 5.74) is 0.750. The molecule has 2 heterocycles. The van der Waals surface area contributed by atoms with E-state index in [9.17, 15) is 4.79 Å². The number of hydrogen-bond donors (Lipinski definition) is 1. The third-order valence-electron chi connectivity index (χ3n) is 3.68. The molecule has 7 heteroatoms. The molecule has 120 valence electrons. The molecule has 0 aliphatic carbocycles. The first-order valence-corrected chi connectivity index (χ1v) is 8.35. The van der Waals surface area contributed by atoms with E-state index in [-0.39, 0.29) is 11.9 Å². The van der Waals surface area contributed by atoms with E-state index in [0.29, 0.717) is 17.8 Å².